The summed E-state index contributed by atoms with van der Waals surface area (Å²) in [6, 6.07) is 37.4. The highest BCUT2D eigenvalue weighted by Crippen LogP contribution is 2.42. The van der Waals surface area contributed by atoms with Crippen LogP contribution in [-0.2, 0) is 33.1 Å². The van der Waals surface area contributed by atoms with E-state index in [1.54, 1.807) is 53.0 Å². The van der Waals surface area contributed by atoms with Crippen LogP contribution in [0.5, 0.6) is 0 Å². The number of rotatable bonds is 18. The van der Waals surface area contributed by atoms with Gasteiger partial charge in [-0.25, -0.2) is 20.0 Å². The summed E-state index contributed by atoms with van der Waals surface area (Å²) >= 11 is 3.33. The van der Waals surface area contributed by atoms with Gasteiger partial charge in [0.2, 0.25) is 0 Å². The van der Waals surface area contributed by atoms with Gasteiger partial charge < -0.3 is 13.9 Å². The normalized spacial score (nSPS) is 25.3. The Balaban J connectivity index is 0.793. The molecule has 80 heavy (non-hydrogen) atoms. The predicted octanol–water partition coefficient (Wildman–Crippen LogP) is 11.8. The van der Waals surface area contributed by atoms with Gasteiger partial charge in [0.15, 0.2) is 0 Å². The molecule has 8 unspecified atom stereocenters. The molecule has 2 aliphatic carbocycles. The molecule has 5 aliphatic heterocycles. The summed E-state index contributed by atoms with van der Waals surface area (Å²) in [7, 11) is -1.54. The van der Waals surface area contributed by atoms with Gasteiger partial charge in [-0.1, -0.05) is 56.7 Å². The maximum Gasteiger partial charge on any atom is 0.296 e. The fourth-order valence-electron chi connectivity index (χ4n) is 14.0. The number of quaternary nitrogens is 2. The van der Waals surface area contributed by atoms with E-state index < -0.39 is 20.2 Å². The van der Waals surface area contributed by atoms with Gasteiger partial charge in [-0.2, -0.15) is 16.8 Å². The molecular formula is C63H75N7O6S4+2. The van der Waals surface area contributed by atoms with Crippen molar-refractivity contribution in [3.8, 4) is 21.1 Å². The molecule has 4 aromatic carbocycles. The highest BCUT2D eigenvalue weighted by molar-refractivity contribution is 7.86. The summed E-state index contributed by atoms with van der Waals surface area (Å²) < 4.78 is 72.3. The zero-order chi connectivity index (χ0) is 56.0. The molecule has 13 nitrogen and oxygen atoms in total. The number of nitrogens with zero attached hydrogens (tertiary/aromatic N) is 7. The molecule has 0 bridgehead atoms. The quantitative estimate of drug-likeness (QED) is 0.0484. The van der Waals surface area contributed by atoms with E-state index in [4.69, 9.17) is 15.0 Å². The average molecular weight is 1150 g/mol. The minimum Gasteiger partial charge on any atom is -0.325 e. The number of likely N-dealkylation sites (tertiary alicyclic amines) is 3. The van der Waals surface area contributed by atoms with Crippen LogP contribution in [0.25, 0.3) is 41.6 Å². The molecule has 11 rings (SSSR count). The Hall–Kier alpha value is -5.34. The third kappa shape index (κ3) is 12.8. The third-order valence-corrected chi connectivity index (χ3v) is 22.2. The molecule has 5 heterocycles. The summed E-state index contributed by atoms with van der Waals surface area (Å²) in [6.07, 6.45) is 9.36. The van der Waals surface area contributed by atoms with E-state index >= 15 is 0 Å². The Morgan fingerprint density at radius 1 is 0.588 bits per heavy atom. The molecule has 0 radical (unpaired) electrons. The lowest BCUT2D eigenvalue weighted by molar-refractivity contribution is -0.900. The van der Waals surface area contributed by atoms with Crippen LogP contribution >= 0.6 is 22.7 Å². The second-order valence-electron chi connectivity index (χ2n) is 24.1. The molecule has 420 valence electrons. The van der Waals surface area contributed by atoms with Crippen LogP contribution in [0.3, 0.4) is 0 Å². The Bertz CT molecular complexity index is 3890. The largest absolute Gasteiger partial charge is 0.325 e. The molecule has 17 heteroatoms. The molecule has 8 atom stereocenters. The lowest BCUT2D eigenvalue weighted by Gasteiger charge is -2.31. The molecule has 2 N–H and O–H groups in total. The van der Waals surface area contributed by atoms with E-state index in [1.807, 2.05) is 30.3 Å². The molecule has 0 aromatic heterocycles. The van der Waals surface area contributed by atoms with E-state index in [-0.39, 0.29) is 15.5 Å². The van der Waals surface area contributed by atoms with Gasteiger partial charge >= 0.3 is 0 Å². The zero-order valence-corrected chi connectivity index (χ0v) is 49.9. The second-order valence-corrected chi connectivity index (χ2v) is 29.1. The number of hydrogen-bond donors (Lipinski definition) is 2. The van der Waals surface area contributed by atoms with E-state index in [1.165, 1.54) is 95.0 Å². The summed E-state index contributed by atoms with van der Waals surface area (Å²) in [5.74, 6) is 4.24. The molecular weight excluding hydrogens is 1080 g/mol. The van der Waals surface area contributed by atoms with Crippen molar-refractivity contribution in [3.63, 3.8) is 0 Å². The molecule has 0 amide bonds. The molecule has 3 saturated heterocycles. The van der Waals surface area contributed by atoms with Crippen molar-refractivity contribution in [1.29, 1.82) is 0 Å². The van der Waals surface area contributed by atoms with Crippen LogP contribution in [0.1, 0.15) is 63.5 Å². The first-order chi connectivity index (χ1) is 38.3. The second kappa shape index (κ2) is 23.1. The highest BCUT2D eigenvalue weighted by Gasteiger charge is 2.46. The standard InChI is InChI=1S/C63H73N7O6S4/c1-6-43-36-68(3)37-46(43)20-21-48-40-70(5,30-28-45-32-58-62(77-59-17-10-8-15-53(59)66-58)35-56(45)65-50-13-12-14-52(33-50)79(71,72)73)41-49(48)23-22-47-39-69(4,38-44(47)7-2)29-27-42-19-26-60-57(31-42)67-54-25-24-51(34-61(54)78-60)64-55-16-9-11-18-63(55)80(74,75)76/h8-19,24-26,31-35,43-44,46-49H,6-7,20-23,27-30,36-41H2,1-5H3/p+2. The van der Waals surface area contributed by atoms with E-state index in [0.29, 0.717) is 34.7 Å². The monoisotopic (exact) mass is 1150 g/mol. The lowest BCUT2D eigenvalue weighted by atomic mass is 9.80. The van der Waals surface area contributed by atoms with Gasteiger partial charge in [0.1, 0.15) is 4.90 Å². The summed E-state index contributed by atoms with van der Waals surface area (Å²) in [6.45, 7) is 14.0. The van der Waals surface area contributed by atoms with Gasteiger partial charge in [-0.15, -0.1) is 22.7 Å². The molecule has 7 aliphatic rings. The molecule has 4 aromatic rings. The van der Waals surface area contributed by atoms with E-state index in [9.17, 15) is 25.9 Å². The SMILES string of the molecule is CCC1CN(C)CC1CCC1C[N+](C)(CCc2cc3nc4ccccc4sc-3cc2=Nc2cccc(S(=O)(=O)O)c2)CC1CCC1C[N+](C)(CCc2ccc3sc4cc(=Nc5ccccc5S(=O)(=O)O)ccc-4nc3c2)CC1CC. The van der Waals surface area contributed by atoms with Crippen LogP contribution in [-0.4, -0.2) is 123 Å². The average Bonchev–Trinajstić information content (AvgIpc) is 4.15. The first-order valence-electron chi connectivity index (χ1n) is 28.5. The summed E-state index contributed by atoms with van der Waals surface area (Å²) in [4.78, 5) is 24.0. The number of benzene rings is 6. The van der Waals surface area contributed by atoms with E-state index in [2.05, 4.69) is 87.3 Å². The van der Waals surface area contributed by atoms with Crippen molar-refractivity contribution < 1.29 is 34.9 Å². The Morgan fingerprint density at radius 3 is 1.94 bits per heavy atom. The molecule has 0 saturated carbocycles. The van der Waals surface area contributed by atoms with Crippen molar-refractivity contribution in [2.45, 2.75) is 75.0 Å². The number of likely N-dealkylation sites (N-methyl/N-ethyl adjacent to an activating group) is 2. The molecule has 3 fully saturated rings. The van der Waals surface area contributed by atoms with Crippen molar-refractivity contribution in [2.75, 3.05) is 73.5 Å². The Morgan fingerprint density at radius 2 is 1.21 bits per heavy atom. The molecule has 0 spiro atoms. The van der Waals surface area contributed by atoms with Crippen LogP contribution in [0.15, 0.2) is 141 Å². The van der Waals surface area contributed by atoms with Gasteiger partial charge in [-0.3, -0.25) is 9.11 Å². The maximum absolute atomic E-state index is 12.2. The van der Waals surface area contributed by atoms with Gasteiger partial charge in [-0.05, 0) is 147 Å². The van der Waals surface area contributed by atoms with Crippen LogP contribution in [0.2, 0.25) is 0 Å². The van der Waals surface area contributed by atoms with Crippen molar-refractivity contribution in [1.82, 2.24) is 14.9 Å². The van der Waals surface area contributed by atoms with Crippen molar-refractivity contribution in [2.24, 2.45) is 45.5 Å². The summed E-state index contributed by atoms with van der Waals surface area (Å²) in [5, 5.41) is 1.39. The first-order valence-corrected chi connectivity index (χ1v) is 33.1. The van der Waals surface area contributed by atoms with Gasteiger partial charge in [0, 0.05) is 49.6 Å². The smallest absolute Gasteiger partial charge is 0.296 e. The Kier molecular flexibility index (Phi) is 16.3. The zero-order valence-electron chi connectivity index (χ0n) is 46.6. The van der Waals surface area contributed by atoms with Crippen molar-refractivity contribution >= 4 is 74.7 Å². The number of aromatic nitrogens is 2. The Labute approximate surface area is 479 Å². The lowest BCUT2D eigenvalue weighted by Crippen LogP contribution is -2.44. The first kappa shape index (κ1) is 56.5. The van der Waals surface area contributed by atoms with Crippen LogP contribution in [0, 0.1) is 35.5 Å². The van der Waals surface area contributed by atoms with Crippen LogP contribution in [0.4, 0.5) is 11.4 Å². The topological polar surface area (TPSA) is 162 Å². The highest BCUT2D eigenvalue weighted by atomic mass is 32.2. The predicted molar refractivity (Wildman–Crippen MR) is 322 cm³/mol. The third-order valence-electron chi connectivity index (χ3n) is 18.2. The minimum absolute atomic E-state index is 0.168. The van der Waals surface area contributed by atoms with Gasteiger partial charge in [0.25, 0.3) is 20.2 Å². The van der Waals surface area contributed by atoms with Crippen molar-refractivity contribution in [3.05, 3.63) is 143 Å². The fraction of sp³-hybridized carbons (Fsp3) is 0.429. The van der Waals surface area contributed by atoms with E-state index in [0.717, 1.165) is 106 Å². The number of para-hydroxylation sites is 2. The number of fused-ring (bicyclic) bond motifs is 4. The van der Waals surface area contributed by atoms with Crippen LogP contribution < -0.4 is 10.7 Å². The number of hydrogen-bond acceptors (Lipinski definition) is 11. The fourth-order valence-corrected chi connectivity index (χ4v) is 17.1. The minimum atomic E-state index is -4.42. The summed E-state index contributed by atoms with van der Waals surface area (Å²) in [5.41, 5.74) is 6.80. The maximum atomic E-state index is 12.2. The van der Waals surface area contributed by atoms with Gasteiger partial charge in [0.05, 0.1) is 122 Å².